The van der Waals surface area contributed by atoms with E-state index in [1.54, 1.807) is 32.0 Å². The van der Waals surface area contributed by atoms with Crippen LogP contribution in [0.5, 0.6) is 11.5 Å². The topological polar surface area (TPSA) is 73.9 Å². The molecule has 6 heteroatoms. The van der Waals surface area contributed by atoms with E-state index in [0.717, 1.165) is 0 Å². The molecule has 0 unspecified atom stereocenters. The average Bonchev–Trinajstić information content (AvgIpc) is 2.45. The Morgan fingerprint density at radius 1 is 1.19 bits per heavy atom. The molecule has 1 aromatic carbocycles. The Morgan fingerprint density at radius 3 is 2.24 bits per heavy atom. The fraction of sp³-hybridized carbons (Fsp3) is 0.333. The zero-order valence-electron chi connectivity index (χ0n) is 12.6. The van der Waals surface area contributed by atoms with Gasteiger partial charge in [-0.1, -0.05) is 6.07 Å². The lowest BCUT2D eigenvalue weighted by molar-refractivity contribution is -0.137. The summed E-state index contributed by atoms with van der Waals surface area (Å²) in [5, 5.41) is 2.60. The molecule has 0 radical (unpaired) electrons. The first-order valence-electron chi connectivity index (χ1n) is 6.40. The summed E-state index contributed by atoms with van der Waals surface area (Å²) in [5.41, 5.74) is 0.630. The van der Waals surface area contributed by atoms with Gasteiger partial charge >= 0.3 is 5.97 Å². The van der Waals surface area contributed by atoms with Crippen LogP contribution in [-0.2, 0) is 9.53 Å². The standard InChI is InChI=1S/C15H19NO5/c1-5-21-13(17)9-10(2)16-15(18)14-11(19-3)7-6-8-12(14)20-4/h6-9H,5H2,1-4H3,(H,16,18)/b10-9+. The van der Waals surface area contributed by atoms with Crippen LogP contribution in [0, 0.1) is 0 Å². The Balaban J connectivity index is 2.97. The second-order valence-corrected chi connectivity index (χ2v) is 4.07. The maximum absolute atomic E-state index is 12.3. The molecular weight excluding hydrogens is 274 g/mol. The van der Waals surface area contributed by atoms with Crippen molar-refractivity contribution in [3.63, 3.8) is 0 Å². The van der Waals surface area contributed by atoms with Crippen molar-refractivity contribution in [2.45, 2.75) is 13.8 Å². The third kappa shape index (κ3) is 4.52. The number of methoxy groups -OCH3 is 2. The Morgan fingerprint density at radius 2 is 1.76 bits per heavy atom. The van der Waals surface area contributed by atoms with Gasteiger partial charge in [-0.15, -0.1) is 0 Å². The molecule has 0 aliphatic heterocycles. The van der Waals surface area contributed by atoms with Crippen LogP contribution in [0.2, 0.25) is 0 Å². The maximum Gasteiger partial charge on any atom is 0.332 e. The van der Waals surface area contributed by atoms with Crippen molar-refractivity contribution >= 4 is 11.9 Å². The van der Waals surface area contributed by atoms with E-state index in [9.17, 15) is 9.59 Å². The van der Waals surface area contributed by atoms with Crippen molar-refractivity contribution in [2.75, 3.05) is 20.8 Å². The summed E-state index contributed by atoms with van der Waals surface area (Å²) in [6, 6.07) is 5.03. The van der Waals surface area contributed by atoms with E-state index >= 15 is 0 Å². The zero-order valence-corrected chi connectivity index (χ0v) is 12.6. The zero-order chi connectivity index (χ0) is 15.8. The summed E-state index contributed by atoms with van der Waals surface area (Å²) in [6.45, 7) is 3.58. The Kier molecular flexibility index (Phi) is 6.26. The third-order valence-corrected chi connectivity index (χ3v) is 2.59. The van der Waals surface area contributed by atoms with Crippen LogP contribution in [0.25, 0.3) is 0 Å². The molecule has 1 aromatic rings. The molecule has 0 fully saturated rings. The van der Waals surface area contributed by atoms with Gasteiger partial charge in [-0.2, -0.15) is 0 Å². The maximum atomic E-state index is 12.3. The van der Waals surface area contributed by atoms with Gasteiger partial charge in [0, 0.05) is 11.8 Å². The van der Waals surface area contributed by atoms with Crippen molar-refractivity contribution in [1.29, 1.82) is 0 Å². The number of benzene rings is 1. The Bertz CT molecular complexity index is 529. The molecule has 21 heavy (non-hydrogen) atoms. The smallest absolute Gasteiger partial charge is 0.332 e. The number of hydrogen-bond donors (Lipinski definition) is 1. The summed E-state index contributed by atoms with van der Waals surface area (Å²) in [6.07, 6.45) is 1.21. The van der Waals surface area contributed by atoms with Gasteiger partial charge < -0.3 is 19.5 Å². The highest BCUT2D eigenvalue weighted by Gasteiger charge is 2.18. The largest absolute Gasteiger partial charge is 0.496 e. The molecule has 1 amide bonds. The molecule has 6 nitrogen and oxygen atoms in total. The van der Waals surface area contributed by atoms with Crippen molar-refractivity contribution in [2.24, 2.45) is 0 Å². The van der Waals surface area contributed by atoms with Crippen LogP contribution in [0.4, 0.5) is 0 Å². The first kappa shape index (κ1) is 16.6. The van der Waals surface area contributed by atoms with Crippen LogP contribution < -0.4 is 14.8 Å². The minimum Gasteiger partial charge on any atom is -0.496 e. The lowest BCUT2D eigenvalue weighted by Crippen LogP contribution is -2.23. The summed E-state index contributed by atoms with van der Waals surface area (Å²) >= 11 is 0. The Labute approximate surface area is 123 Å². The second kappa shape index (κ2) is 7.94. The van der Waals surface area contributed by atoms with E-state index in [-0.39, 0.29) is 12.2 Å². The van der Waals surface area contributed by atoms with Gasteiger partial charge in [0.05, 0.1) is 20.8 Å². The van der Waals surface area contributed by atoms with Crippen molar-refractivity contribution < 1.29 is 23.8 Å². The molecule has 0 heterocycles. The predicted molar refractivity (Wildman–Crippen MR) is 77.4 cm³/mol. The number of carbonyl (C=O) groups excluding carboxylic acids is 2. The predicted octanol–water partition coefficient (Wildman–Crippen LogP) is 1.90. The van der Waals surface area contributed by atoms with E-state index in [1.165, 1.54) is 20.3 Å². The monoisotopic (exact) mass is 293 g/mol. The van der Waals surface area contributed by atoms with Crippen molar-refractivity contribution in [3.05, 3.63) is 35.5 Å². The minimum absolute atomic E-state index is 0.263. The lowest BCUT2D eigenvalue weighted by Gasteiger charge is -2.13. The minimum atomic E-state index is -0.512. The summed E-state index contributed by atoms with van der Waals surface area (Å²) in [5.74, 6) is -0.170. The fourth-order valence-corrected chi connectivity index (χ4v) is 1.71. The van der Waals surface area contributed by atoms with Gasteiger partial charge in [0.15, 0.2) is 0 Å². The number of amides is 1. The van der Waals surface area contributed by atoms with Gasteiger partial charge in [-0.3, -0.25) is 4.79 Å². The first-order valence-corrected chi connectivity index (χ1v) is 6.40. The molecule has 0 aliphatic carbocycles. The molecule has 0 saturated carbocycles. The molecule has 1 rings (SSSR count). The molecule has 114 valence electrons. The summed E-state index contributed by atoms with van der Waals surface area (Å²) in [7, 11) is 2.93. The third-order valence-electron chi connectivity index (χ3n) is 2.59. The van der Waals surface area contributed by atoms with Crippen LogP contribution >= 0.6 is 0 Å². The fourth-order valence-electron chi connectivity index (χ4n) is 1.71. The van der Waals surface area contributed by atoms with Crippen LogP contribution in [0.1, 0.15) is 24.2 Å². The highest BCUT2D eigenvalue weighted by Crippen LogP contribution is 2.28. The van der Waals surface area contributed by atoms with Gasteiger partial charge in [0.2, 0.25) is 0 Å². The van der Waals surface area contributed by atoms with E-state index in [2.05, 4.69) is 5.32 Å². The van der Waals surface area contributed by atoms with Gasteiger partial charge in [0.1, 0.15) is 17.1 Å². The van der Waals surface area contributed by atoms with Gasteiger partial charge in [-0.25, -0.2) is 4.79 Å². The highest BCUT2D eigenvalue weighted by atomic mass is 16.5. The summed E-state index contributed by atoms with van der Waals surface area (Å²) < 4.78 is 15.1. The molecule has 0 atom stereocenters. The highest BCUT2D eigenvalue weighted by molar-refractivity contribution is 6.01. The number of ether oxygens (including phenoxy) is 3. The van der Waals surface area contributed by atoms with Crippen molar-refractivity contribution in [1.82, 2.24) is 5.32 Å². The van der Waals surface area contributed by atoms with Crippen LogP contribution in [-0.4, -0.2) is 32.7 Å². The second-order valence-electron chi connectivity index (χ2n) is 4.07. The quantitative estimate of drug-likeness (QED) is 0.640. The molecular formula is C15H19NO5. The molecule has 0 bridgehead atoms. The molecule has 0 aliphatic rings. The van der Waals surface area contributed by atoms with E-state index in [0.29, 0.717) is 17.2 Å². The first-order chi connectivity index (χ1) is 10.0. The van der Waals surface area contributed by atoms with Crippen LogP contribution in [0.3, 0.4) is 0 Å². The van der Waals surface area contributed by atoms with Crippen LogP contribution in [0.15, 0.2) is 30.0 Å². The molecule has 0 aromatic heterocycles. The number of esters is 1. The number of carbonyl (C=O) groups is 2. The van der Waals surface area contributed by atoms with E-state index in [1.807, 2.05) is 0 Å². The van der Waals surface area contributed by atoms with Gasteiger partial charge in [-0.05, 0) is 26.0 Å². The number of allylic oxidation sites excluding steroid dienone is 1. The molecule has 0 saturated heterocycles. The number of nitrogens with one attached hydrogen (secondary N) is 1. The van der Waals surface area contributed by atoms with Crippen molar-refractivity contribution in [3.8, 4) is 11.5 Å². The SMILES string of the molecule is CCOC(=O)/C=C(\C)NC(=O)c1c(OC)cccc1OC. The van der Waals surface area contributed by atoms with E-state index in [4.69, 9.17) is 14.2 Å². The Hall–Kier alpha value is -2.50. The van der Waals surface area contributed by atoms with Gasteiger partial charge in [0.25, 0.3) is 5.91 Å². The average molecular weight is 293 g/mol. The number of hydrogen-bond acceptors (Lipinski definition) is 5. The normalized spacial score (nSPS) is 10.8. The molecule has 1 N–H and O–H groups in total. The van der Waals surface area contributed by atoms with E-state index < -0.39 is 11.9 Å². The molecule has 0 spiro atoms. The number of rotatable bonds is 6. The summed E-state index contributed by atoms with van der Waals surface area (Å²) in [4.78, 5) is 23.6. The lowest BCUT2D eigenvalue weighted by atomic mass is 10.1.